The quantitative estimate of drug-likeness (QED) is 0.463. The molecule has 1 amide bonds. The van der Waals surface area contributed by atoms with Gasteiger partial charge in [-0.15, -0.1) is 0 Å². The number of rotatable bonds is 3. The molecule has 34 heavy (non-hydrogen) atoms. The second-order valence-electron chi connectivity index (χ2n) is 9.06. The molecule has 0 aliphatic carbocycles. The molecular formula is C27H26ClN5O. The van der Waals surface area contributed by atoms with Gasteiger partial charge in [-0.1, -0.05) is 48.9 Å². The van der Waals surface area contributed by atoms with Crippen molar-refractivity contribution in [3.63, 3.8) is 0 Å². The minimum absolute atomic E-state index is 0.0849. The lowest BCUT2D eigenvalue weighted by Crippen LogP contribution is -2.38. The Kier molecular flexibility index (Phi) is 5.35. The zero-order valence-electron chi connectivity index (χ0n) is 19.1. The minimum atomic E-state index is 0.0849. The van der Waals surface area contributed by atoms with Crippen molar-refractivity contribution in [3.05, 3.63) is 81.6 Å². The number of aromatic amines is 1. The number of likely N-dealkylation sites (N-methyl/N-ethyl adjacent to an activating group) is 1. The maximum atomic E-state index is 14.1. The maximum absolute atomic E-state index is 14.1. The summed E-state index contributed by atoms with van der Waals surface area (Å²) in [6, 6.07) is 15.7. The molecule has 4 heterocycles. The number of fused-ring (bicyclic) bond motifs is 3. The molecule has 0 bridgehead atoms. The Morgan fingerprint density at radius 2 is 1.85 bits per heavy atom. The van der Waals surface area contributed by atoms with Gasteiger partial charge in [0.1, 0.15) is 0 Å². The van der Waals surface area contributed by atoms with Crippen LogP contribution >= 0.6 is 11.6 Å². The van der Waals surface area contributed by atoms with Crippen molar-refractivity contribution in [2.75, 3.05) is 19.6 Å². The Bertz CT molecular complexity index is 1390. The Hall–Kier alpha value is -3.22. The van der Waals surface area contributed by atoms with E-state index in [4.69, 9.17) is 16.6 Å². The van der Waals surface area contributed by atoms with E-state index in [2.05, 4.69) is 22.0 Å². The highest BCUT2D eigenvalue weighted by molar-refractivity contribution is 6.30. The number of para-hydroxylation sites is 1. The van der Waals surface area contributed by atoms with Crippen LogP contribution in [0.5, 0.6) is 0 Å². The number of carbonyl (C=O) groups is 1. The third-order valence-electron chi connectivity index (χ3n) is 7.12. The number of hydrogen-bond acceptors (Lipinski definition) is 4. The molecule has 6 rings (SSSR count). The average molecular weight is 472 g/mol. The number of halogens is 1. The summed E-state index contributed by atoms with van der Waals surface area (Å²) >= 11 is 6.09. The van der Waals surface area contributed by atoms with Crippen molar-refractivity contribution >= 4 is 28.4 Å². The second-order valence-corrected chi connectivity index (χ2v) is 9.50. The van der Waals surface area contributed by atoms with Gasteiger partial charge in [0.15, 0.2) is 0 Å². The van der Waals surface area contributed by atoms with E-state index >= 15 is 0 Å². The van der Waals surface area contributed by atoms with Crippen LogP contribution in [-0.2, 0) is 25.9 Å². The van der Waals surface area contributed by atoms with E-state index in [0.717, 1.165) is 82.7 Å². The van der Waals surface area contributed by atoms with E-state index in [1.807, 2.05) is 53.4 Å². The third kappa shape index (κ3) is 3.58. The van der Waals surface area contributed by atoms with Crippen LogP contribution < -0.4 is 0 Å². The first-order chi connectivity index (χ1) is 16.6. The molecular weight excluding hydrogens is 446 g/mol. The number of carbonyl (C=O) groups excluding carboxylic acids is 1. The highest BCUT2D eigenvalue weighted by atomic mass is 35.5. The van der Waals surface area contributed by atoms with Crippen LogP contribution in [0, 0.1) is 0 Å². The van der Waals surface area contributed by atoms with Crippen molar-refractivity contribution in [1.29, 1.82) is 0 Å². The van der Waals surface area contributed by atoms with E-state index < -0.39 is 0 Å². The predicted molar refractivity (Wildman–Crippen MR) is 134 cm³/mol. The summed E-state index contributed by atoms with van der Waals surface area (Å²) < 4.78 is 0. The summed E-state index contributed by atoms with van der Waals surface area (Å²) in [5.41, 5.74) is 7.96. The minimum Gasteiger partial charge on any atom is -0.334 e. The van der Waals surface area contributed by atoms with Gasteiger partial charge in [-0.25, -0.2) is 0 Å². The summed E-state index contributed by atoms with van der Waals surface area (Å²) in [5, 5.41) is 9.42. The number of benzene rings is 2. The Morgan fingerprint density at radius 1 is 1.03 bits per heavy atom. The molecule has 0 saturated heterocycles. The summed E-state index contributed by atoms with van der Waals surface area (Å²) in [7, 11) is 0. The molecule has 0 atom stereocenters. The van der Waals surface area contributed by atoms with E-state index in [0.29, 0.717) is 18.1 Å². The van der Waals surface area contributed by atoms with Gasteiger partial charge in [0.05, 0.1) is 16.8 Å². The Balaban J connectivity index is 1.40. The molecule has 1 N–H and O–H groups in total. The fourth-order valence-electron chi connectivity index (χ4n) is 5.23. The van der Waals surface area contributed by atoms with E-state index in [9.17, 15) is 4.79 Å². The summed E-state index contributed by atoms with van der Waals surface area (Å²) in [4.78, 5) is 23.4. The zero-order valence-corrected chi connectivity index (χ0v) is 19.9. The van der Waals surface area contributed by atoms with E-state index in [1.54, 1.807) is 0 Å². The van der Waals surface area contributed by atoms with Crippen molar-refractivity contribution < 1.29 is 4.79 Å². The first-order valence-corrected chi connectivity index (χ1v) is 12.2. The molecule has 2 aromatic heterocycles. The van der Waals surface area contributed by atoms with Crippen LogP contribution in [0.15, 0.2) is 48.5 Å². The molecule has 2 aliphatic rings. The standard InChI is InChI=1S/C27H26ClN5O/c1-2-32-13-11-23-20(15-32)25(19-5-3-4-6-22(19)29-23)27(34)33-14-12-24-21(16-33)26(31-30-24)17-7-9-18(28)10-8-17/h3-10H,2,11-16H2,1H3,(H,30,31). The lowest BCUT2D eigenvalue weighted by Gasteiger charge is -2.32. The molecule has 0 unspecified atom stereocenters. The van der Waals surface area contributed by atoms with Crippen molar-refractivity contribution in [2.24, 2.45) is 0 Å². The largest absolute Gasteiger partial charge is 0.334 e. The first-order valence-electron chi connectivity index (χ1n) is 11.9. The number of pyridine rings is 1. The summed E-state index contributed by atoms with van der Waals surface area (Å²) in [6.07, 6.45) is 1.63. The predicted octanol–water partition coefficient (Wildman–Crippen LogP) is 4.85. The van der Waals surface area contributed by atoms with Gasteiger partial charge in [0.25, 0.3) is 5.91 Å². The Labute approximate surface area is 203 Å². The third-order valence-corrected chi connectivity index (χ3v) is 7.38. The van der Waals surface area contributed by atoms with Crippen molar-refractivity contribution in [1.82, 2.24) is 25.0 Å². The van der Waals surface area contributed by atoms with Crippen LogP contribution in [0.1, 0.15) is 39.8 Å². The molecule has 4 aromatic rings. The number of hydrogen-bond donors (Lipinski definition) is 1. The van der Waals surface area contributed by atoms with Gasteiger partial charge in [0, 0.05) is 77.5 Å². The lowest BCUT2D eigenvalue weighted by atomic mass is 9.93. The van der Waals surface area contributed by atoms with E-state index in [-0.39, 0.29) is 5.91 Å². The molecule has 2 aliphatic heterocycles. The monoisotopic (exact) mass is 471 g/mol. The average Bonchev–Trinajstić information content (AvgIpc) is 3.30. The van der Waals surface area contributed by atoms with Crippen LogP contribution in [0.3, 0.4) is 0 Å². The summed E-state index contributed by atoms with van der Waals surface area (Å²) in [6.45, 7) is 6.08. The molecule has 0 saturated carbocycles. The molecule has 0 spiro atoms. The first kappa shape index (κ1) is 21.3. The fourth-order valence-corrected chi connectivity index (χ4v) is 5.36. The number of amides is 1. The van der Waals surface area contributed by atoms with Gasteiger partial charge in [-0.05, 0) is 24.7 Å². The number of H-pyrrole nitrogens is 1. The smallest absolute Gasteiger partial charge is 0.255 e. The van der Waals surface area contributed by atoms with Gasteiger partial charge in [0.2, 0.25) is 0 Å². The molecule has 2 aromatic carbocycles. The SMILES string of the molecule is CCN1CCc2nc3ccccc3c(C(=O)N3CCc4[nH]nc(-c5ccc(Cl)cc5)c4C3)c2C1. The molecule has 0 radical (unpaired) electrons. The van der Waals surface area contributed by atoms with Gasteiger partial charge >= 0.3 is 0 Å². The van der Waals surface area contributed by atoms with E-state index in [1.165, 1.54) is 0 Å². The van der Waals surface area contributed by atoms with Gasteiger partial charge in [-0.3, -0.25) is 19.8 Å². The highest BCUT2D eigenvalue weighted by Gasteiger charge is 2.31. The maximum Gasteiger partial charge on any atom is 0.255 e. The van der Waals surface area contributed by atoms with Crippen molar-refractivity contribution in [2.45, 2.75) is 32.9 Å². The summed E-state index contributed by atoms with van der Waals surface area (Å²) in [5.74, 6) is 0.0849. The number of nitrogens with one attached hydrogen (secondary N) is 1. The van der Waals surface area contributed by atoms with Crippen LogP contribution in [0.2, 0.25) is 5.02 Å². The van der Waals surface area contributed by atoms with Crippen LogP contribution in [-0.4, -0.2) is 50.5 Å². The molecule has 172 valence electrons. The number of aromatic nitrogens is 3. The van der Waals surface area contributed by atoms with Crippen molar-refractivity contribution in [3.8, 4) is 11.3 Å². The number of nitrogens with zero attached hydrogens (tertiary/aromatic N) is 4. The van der Waals surface area contributed by atoms with Gasteiger partial charge < -0.3 is 4.90 Å². The fraction of sp³-hybridized carbons (Fsp3) is 0.296. The molecule has 6 nitrogen and oxygen atoms in total. The Morgan fingerprint density at radius 3 is 2.68 bits per heavy atom. The zero-order chi connectivity index (χ0) is 23.2. The topological polar surface area (TPSA) is 65.1 Å². The normalized spacial score (nSPS) is 15.9. The second kappa shape index (κ2) is 8.53. The van der Waals surface area contributed by atoms with Crippen LogP contribution in [0.4, 0.5) is 0 Å². The van der Waals surface area contributed by atoms with Crippen LogP contribution in [0.25, 0.3) is 22.2 Å². The lowest BCUT2D eigenvalue weighted by molar-refractivity contribution is 0.0733. The molecule has 7 heteroatoms. The highest BCUT2D eigenvalue weighted by Crippen LogP contribution is 2.33. The molecule has 0 fully saturated rings. The van der Waals surface area contributed by atoms with Gasteiger partial charge in [-0.2, -0.15) is 5.10 Å².